The molecule has 1 aromatic heterocycles. The number of hydrogen-bond acceptors (Lipinski definition) is 1. The first-order valence-electron chi connectivity index (χ1n) is 14.2. The molecule has 0 saturated carbocycles. The molecular weight excluding hydrogens is 462 g/mol. The molecule has 0 spiro atoms. The lowest BCUT2D eigenvalue weighted by Gasteiger charge is -2.20. The van der Waals surface area contributed by atoms with Crippen molar-refractivity contribution < 1.29 is 4.57 Å². The van der Waals surface area contributed by atoms with Crippen molar-refractivity contribution in [2.45, 2.75) is 79.1 Å². The van der Waals surface area contributed by atoms with Gasteiger partial charge in [-0.1, -0.05) is 91.8 Å². The van der Waals surface area contributed by atoms with E-state index in [1.54, 1.807) is 0 Å². The SMILES string of the molecule is CC(C)c1cccc(C(C)C)c1-n1cc[n+](-c2c(C(C)C)cccc2C(C)C)c1-c1ccc(N(C)C)cc1. The minimum absolute atomic E-state index is 0.415. The van der Waals surface area contributed by atoms with Gasteiger partial charge in [-0.25, -0.2) is 0 Å². The Morgan fingerprint density at radius 3 is 1.47 bits per heavy atom. The van der Waals surface area contributed by atoms with Gasteiger partial charge in [0.25, 0.3) is 5.82 Å². The van der Waals surface area contributed by atoms with Crippen molar-refractivity contribution in [3.63, 3.8) is 0 Å². The summed E-state index contributed by atoms with van der Waals surface area (Å²) in [5.74, 6) is 2.85. The Hall–Kier alpha value is -3.33. The van der Waals surface area contributed by atoms with Crippen LogP contribution in [-0.4, -0.2) is 18.7 Å². The first-order chi connectivity index (χ1) is 18.0. The van der Waals surface area contributed by atoms with Gasteiger partial charge in [-0.05, 0) is 47.9 Å². The van der Waals surface area contributed by atoms with Crippen molar-refractivity contribution in [1.82, 2.24) is 4.57 Å². The average Bonchev–Trinajstić information content (AvgIpc) is 3.32. The number of para-hydroxylation sites is 2. The topological polar surface area (TPSA) is 12.0 Å². The molecule has 0 aliphatic rings. The second kappa shape index (κ2) is 11.2. The molecule has 0 fully saturated rings. The lowest BCUT2D eigenvalue weighted by atomic mass is 9.92. The van der Waals surface area contributed by atoms with E-state index in [1.807, 2.05) is 0 Å². The summed E-state index contributed by atoms with van der Waals surface area (Å²) in [5, 5.41) is 0. The van der Waals surface area contributed by atoms with E-state index >= 15 is 0 Å². The van der Waals surface area contributed by atoms with Crippen LogP contribution in [0.4, 0.5) is 5.69 Å². The number of benzene rings is 3. The van der Waals surface area contributed by atoms with Crippen molar-refractivity contribution in [3.8, 4) is 22.8 Å². The zero-order valence-electron chi connectivity index (χ0n) is 25.1. The Bertz CT molecular complexity index is 1250. The van der Waals surface area contributed by atoms with Crippen LogP contribution in [0, 0.1) is 0 Å². The standard InChI is InChI=1S/C35H46N3/c1-23(2)29-13-11-14-30(24(3)4)33(29)37-21-22-38(35(37)27-17-19-28(20-18-27)36(9)10)34-31(25(5)6)15-12-16-32(34)26(7)8/h11-26H,1-10H3/q+1. The Morgan fingerprint density at radius 1 is 0.605 bits per heavy atom. The summed E-state index contributed by atoms with van der Waals surface area (Å²) in [5.41, 5.74) is 10.6. The quantitative estimate of drug-likeness (QED) is 0.216. The molecule has 200 valence electrons. The third kappa shape index (κ3) is 5.16. The molecule has 3 heteroatoms. The monoisotopic (exact) mass is 508 g/mol. The lowest BCUT2D eigenvalue weighted by Crippen LogP contribution is -2.35. The summed E-state index contributed by atoms with van der Waals surface area (Å²) < 4.78 is 4.91. The molecule has 4 aromatic rings. The number of rotatable bonds is 8. The molecule has 0 atom stereocenters. The van der Waals surface area contributed by atoms with Crippen LogP contribution >= 0.6 is 0 Å². The third-order valence-electron chi connectivity index (χ3n) is 7.63. The maximum Gasteiger partial charge on any atom is 0.299 e. The van der Waals surface area contributed by atoms with Crippen molar-refractivity contribution in [3.05, 3.63) is 95.3 Å². The van der Waals surface area contributed by atoms with E-state index in [9.17, 15) is 0 Å². The van der Waals surface area contributed by atoms with E-state index in [2.05, 4.69) is 157 Å². The van der Waals surface area contributed by atoms with Gasteiger partial charge in [0, 0.05) is 42.0 Å². The molecule has 0 N–H and O–H groups in total. The molecule has 0 aliphatic heterocycles. The van der Waals surface area contributed by atoms with Crippen LogP contribution in [-0.2, 0) is 0 Å². The highest BCUT2D eigenvalue weighted by Crippen LogP contribution is 2.36. The zero-order chi connectivity index (χ0) is 27.7. The number of hydrogen-bond donors (Lipinski definition) is 0. The van der Waals surface area contributed by atoms with Gasteiger partial charge < -0.3 is 4.90 Å². The van der Waals surface area contributed by atoms with Gasteiger partial charge in [0.15, 0.2) is 0 Å². The molecule has 0 radical (unpaired) electrons. The van der Waals surface area contributed by atoms with Crippen LogP contribution < -0.4 is 9.47 Å². The molecule has 3 aromatic carbocycles. The highest BCUT2D eigenvalue weighted by Gasteiger charge is 2.30. The van der Waals surface area contributed by atoms with Crippen LogP contribution in [0.5, 0.6) is 0 Å². The number of imidazole rings is 1. The van der Waals surface area contributed by atoms with Gasteiger partial charge in [0.2, 0.25) is 0 Å². The fourth-order valence-electron chi connectivity index (χ4n) is 5.52. The minimum atomic E-state index is 0.415. The van der Waals surface area contributed by atoms with Crippen molar-refractivity contribution in [2.75, 3.05) is 19.0 Å². The summed E-state index contributed by atoms with van der Waals surface area (Å²) in [7, 11) is 4.19. The van der Waals surface area contributed by atoms with E-state index < -0.39 is 0 Å². The normalized spacial score (nSPS) is 11.8. The highest BCUT2D eigenvalue weighted by atomic mass is 15.2. The molecule has 0 bridgehead atoms. The Morgan fingerprint density at radius 2 is 1.05 bits per heavy atom. The molecule has 0 amide bonds. The Balaban J connectivity index is 2.14. The first-order valence-corrected chi connectivity index (χ1v) is 14.2. The van der Waals surface area contributed by atoms with Crippen LogP contribution in [0.3, 0.4) is 0 Å². The van der Waals surface area contributed by atoms with Crippen LogP contribution in [0.1, 0.15) is 101 Å². The highest BCUT2D eigenvalue weighted by molar-refractivity contribution is 5.64. The minimum Gasteiger partial charge on any atom is -0.378 e. The number of nitrogens with zero attached hydrogens (tertiary/aromatic N) is 3. The third-order valence-corrected chi connectivity index (χ3v) is 7.63. The first kappa shape index (κ1) is 27.7. The van der Waals surface area contributed by atoms with Crippen LogP contribution in [0.15, 0.2) is 73.1 Å². The molecule has 4 rings (SSSR count). The summed E-state index contributed by atoms with van der Waals surface area (Å²) in [6.07, 6.45) is 4.56. The molecule has 1 heterocycles. The second-order valence-corrected chi connectivity index (χ2v) is 12.0. The summed E-state index contributed by atoms with van der Waals surface area (Å²) >= 11 is 0. The van der Waals surface area contributed by atoms with Gasteiger partial charge in [0.05, 0.1) is 5.56 Å². The van der Waals surface area contributed by atoms with Gasteiger partial charge in [0.1, 0.15) is 23.8 Å². The predicted molar refractivity (Wildman–Crippen MR) is 163 cm³/mol. The van der Waals surface area contributed by atoms with E-state index in [-0.39, 0.29) is 0 Å². The Kier molecular flexibility index (Phi) is 8.16. The summed E-state index contributed by atoms with van der Waals surface area (Å²) in [6, 6.07) is 22.7. The summed E-state index contributed by atoms with van der Waals surface area (Å²) in [6.45, 7) is 18.4. The molecule has 0 aliphatic carbocycles. The molecule has 3 nitrogen and oxygen atoms in total. The Labute approximate surface area is 230 Å². The smallest absolute Gasteiger partial charge is 0.299 e. The largest absolute Gasteiger partial charge is 0.378 e. The fraction of sp³-hybridized carbons (Fsp3) is 0.400. The molecule has 38 heavy (non-hydrogen) atoms. The number of aromatic nitrogens is 2. The van der Waals surface area contributed by atoms with E-state index in [0.717, 1.165) is 0 Å². The van der Waals surface area contributed by atoms with E-state index in [4.69, 9.17) is 0 Å². The summed E-state index contributed by atoms with van der Waals surface area (Å²) in [4.78, 5) is 2.16. The second-order valence-electron chi connectivity index (χ2n) is 12.0. The van der Waals surface area contributed by atoms with E-state index in [1.165, 1.54) is 50.7 Å². The average molecular weight is 509 g/mol. The van der Waals surface area contributed by atoms with E-state index in [0.29, 0.717) is 23.7 Å². The van der Waals surface area contributed by atoms with Gasteiger partial charge >= 0.3 is 0 Å². The van der Waals surface area contributed by atoms with Crippen molar-refractivity contribution in [1.29, 1.82) is 0 Å². The van der Waals surface area contributed by atoms with Crippen molar-refractivity contribution in [2.24, 2.45) is 0 Å². The molecule has 0 saturated heterocycles. The van der Waals surface area contributed by atoms with Gasteiger partial charge in [-0.3, -0.25) is 0 Å². The van der Waals surface area contributed by atoms with Gasteiger partial charge in [-0.15, -0.1) is 0 Å². The van der Waals surface area contributed by atoms with Crippen LogP contribution in [0.25, 0.3) is 22.8 Å². The zero-order valence-corrected chi connectivity index (χ0v) is 25.1. The number of anilines is 1. The fourth-order valence-corrected chi connectivity index (χ4v) is 5.52. The molecular formula is C35H46N3+. The van der Waals surface area contributed by atoms with Crippen molar-refractivity contribution >= 4 is 5.69 Å². The lowest BCUT2D eigenvalue weighted by molar-refractivity contribution is -0.584. The maximum absolute atomic E-state index is 2.45. The molecule has 0 unspecified atom stereocenters. The maximum atomic E-state index is 2.45. The van der Waals surface area contributed by atoms with Crippen LogP contribution in [0.2, 0.25) is 0 Å². The van der Waals surface area contributed by atoms with Gasteiger partial charge in [-0.2, -0.15) is 9.13 Å². The predicted octanol–water partition coefficient (Wildman–Crippen LogP) is 8.98.